The first-order chi connectivity index (χ1) is 14.5. The van der Waals surface area contributed by atoms with Crippen LogP contribution >= 0.6 is 0 Å². The minimum atomic E-state index is -0.407. The Morgan fingerprint density at radius 2 is 1.73 bits per heavy atom. The molecular formula is C23H22N4O3. The number of carbonyl (C=O) groups is 3. The van der Waals surface area contributed by atoms with Crippen molar-refractivity contribution >= 4 is 29.5 Å². The van der Waals surface area contributed by atoms with E-state index >= 15 is 0 Å². The van der Waals surface area contributed by atoms with Crippen LogP contribution in [0.25, 0.3) is 6.08 Å². The van der Waals surface area contributed by atoms with Crippen molar-refractivity contribution in [1.82, 2.24) is 4.90 Å². The number of primary amides is 1. The quantitative estimate of drug-likeness (QED) is 0.748. The van der Waals surface area contributed by atoms with E-state index in [1.807, 2.05) is 0 Å². The van der Waals surface area contributed by atoms with E-state index in [1.54, 1.807) is 59.5 Å². The molecule has 0 bridgehead atoms. The van der Waals surface area contributed by atoms with Crippen LogP contribution in [-0.4, -0.2) is 35.7 Å². The number of nitriles is 1. The van der Waals surface area contributed by atoms with Gasteiger partial charge in [0.15, 0.2) is 0 Å². The number of nitrogens with zero attached hydrogens (tertiary/aromatic N) is 2. The summed E-state index contributed by atoms with van der Waals surface area (Å²) in [5, 5.41) is 11.9. The van der Waals surface area contributed by atoms with Gasteiger partial charge >= 0.3 is 0 Å². The van der Waals surface area contributed by atoms with Gasteiger partial charge in [-0.1, -0.05) is 30.3 Å². The fourth-order valence-electron chi connectivity index (χ4n) is 3.40. The van der Waals surface area contributed by atoms with Gasteiger partial charge in [0.2, 0.25) is 11.8 Å². The molecule has 0 atom stereocenters. The van der Waals surface area contributed by atoms with Crippen molar-refractivity contribution in [1.29, 1.82) is 5.26 Å². The lowest BCUT2D eigenvalue weighted by Gasteiger charge is -2.31. The summed E-state index contributed by atoms with van der Waals surface area (Å²) in [6, 6.07) is 15.8. The maximum atomic E-state index is 12.9. The van der Waals surface area contributed by atoms with Crippen molar-refractivity contribution in [3.63, 3.8) is 0 Å². The highest BCUT2D eigenvalue weighted by Gasteiger charge is 2.27. The number of rotatable bonds is 5. The number of hydrogen-bond acceptors (Lipinski definition) is 4. The molecule has 0 aromatic heterocycles. The monoisotopic (exact) mass is 402 g/mol. The Hall–Kier alpha value is -3.92. The van der Waals surface area contributed by atoms with E-state index in [0.29, 0.717) is 48.3 Å². The molecule has 7 nitrogen and oxygen atoms in total. The standard InChI is InChI=1S/C23H22N4O3/c24-15-18-6-2-1-5-16(18)9-10-21(28)26-20-8-4-3-7-19(20)23(30)27-13-11-17(12-14-27)22(25)29/h1-10,17H,11-14H2,(H2,25,29)(H,26,28)/b10-9+. The van der Waals surface area contributed by atoms with Gasteiger partial charge in [-0.15, -0.1) is 0 Å². The number of hydrogen-bond donors (Lipinski definition) is 2. The molecule has 0 saturated carbocycles. The lowest BCUT2D eigenvalue weighted by atomic mass is 9.95. The number of amides is 3. The maximum absolute atomic E-state index is 12.9. The van der Waals surface area contributed by atoms with Gasteiger partial charge in [-0.3, -0.25) is 14.4 Å². The van der Waals surface area contributed by atoms with E-state index in [1.165, 1.54) is 6.08 Å². The average Bonchev–Trinajstić information content (AvgIpc) is 2.78. The summed E-state index contributed by atoms with van der Waals surface area (Å²) in [5.41, 5.74) is 7.25. The molecule has 1 heterocycles. The molecule has 0 unspecified atom stereocenters. The highest BCUT2D eigenvalue weighted by atomic mass is 16.2. The van der Waals surface area contributed by atoms with Crippen molar-refractivity contribution in [2.75, 3.05) is 18.4 Å². The van der Waals surface area contributed by atoms with Gasteiger partial charge in [-0.05, 0) is 42.7 Å². The number of nitrogens with two attached hydrogens (primary N) is 1. The van der Waals surface area contributed by atoms with Gasteiger partial charge < -0.3 is 16.0 Å². The van der Waals surface area contributed by atoms with Gasteiger partial charge in [0, 0.05) is 25.1 Å². The fraction of sp³-hybridized carbons (Fsp3) is 0.217. The molecule has 7 heteroatoms. The Balaban J connectivity index is 1.70. The second-order valence-corrected chi connectivity index (χ2v) is 7.04. The van der Waals surface area contributed by atoms with Crippen LogP contribution in [0.2, 0.25) is 0 Å². The Morgan fingerprint density at radius 1 is 1.07 bits per heavy atom. The molecular weight excluding hydrogens is 380 g/mol. The lowest BCUT2D eigenvalue weighted by molar-refractivity contribution is -0.123. The molecule has 2 aromatic carbocycles. The van der Waals surface area contributed by atoms with Gasteiger partial charge in [-0.2, -0.15) is 5.26 Å². The predicted octanol–water partition coefficient (Wildman–Crippen LogP) is 2.55. The topological polar surface area (TPSA) is 116 Å². The van der Waals surface area contributed by atoms with Gasteiger partial charge in [0.1, 0.15) is 0 Å². The fourth-order valence-corrected chi connectivity index (χ4v) is 3.40. The van der Waals surface area contributed by atoms with Crippen LogP contribution < -0.4 is 11.1 Å². The van der Waals surface area contributed by atoms with Crippen molar-refractivity contribution in [3.8, 4) is 6.07 Å². The Bertz CT molecular complexity index is 1030. The van der Waals surface area contributed by atoms with E-state index in [9.17, 15) is 14.4 Å². The smallest absolute Gasteiger partial charge is 0.255 e. The third-order valence-corrected chi connectivity index (χ3v) is 5.10. The molecule has 1 aliphatic heterocycles. The summed E-state index contributed by atoms with van der Waals surface area (Å²) in [6.45, 7) is 0.888. The molecule has 1 saturated heterocycles. The van der Waals surface area contributed by atoms with Crippen LogP contribution in [-0.2, 0) is 9.59 Å². The number of para-hydroxylation sites is 1. The van der Waals surface area contributed by atoms with Crippen LogP contribution in [0.5, 0.6) is 0 Å². The molecule has 1 fully saturated rings. The molecule has 152 valence electrons. The highest BCUT2D eigenvalue weighted by Crippen LogP contribution is 2.22. The normalized spacial score (nSPS) is 14.3. The maximum Gasteiger partial charge on any atom is 0.255 e. The Kier molecular flexibility index (Phi) is 6.60. The summed E-state index contributed by atoms with van der Waals surface area (Å²) < 4.78 is 0. The number of nitrogens with one attached hydrogen (secondary N) is 1. The average molecular weight is 402 g/mol. The highest BCUT2D eigenvalue weighted by molar-refractivity contribution is 6.07. The minimum absolute atomic E-state index is 0.201. The van der Waals surface area contributed by atoms with Crippen LogP contribution in [0, 0.1) is 17.2 Å². The SMILES string of the molecule is N#Cc1ccccc1/C=C/C(=O)Nc1ccccc1C(=O)N1CCC(C(N)=O)CC1. The molecule has 3 N–H and O–H groups in total. The number of likely N-dealkylation sites (tertiary alicyclic amines) is 1. The number of carbonyl (C=O) groups excluding carboxylic acids is 3. The van der Waals surface area contributed by atoms with E-state index in [2.05, 4.69) is 11.4 Å². The van der Waals surface area contributed by atoms with E-state index in [4.69, 9.17) is 11.0 Å². The first-order valence-electron chi connectivity index (χ1n) is 9.65. The number of anilines is 1. The van der Waals surface area contributed by atoms with Gasteiger partial charge in [-0.25, -0.2) is 0 Å². The summed E-state index contributed by atoms with van der Waals surface area (Å²) in [6.07, 6.45) is 3.97. The predicted molar refractivity (Wildman–Crippen MR) is 113 cm³/mol. The van der Waals surface area contributed by atoms with Gasteiger partial charge in [0.05, 0.1) is 22.9 Å². The summed E-state index contributed by atoms with van der Waals surface area (Å²) >= 11 is 0. The molecule has 3 rings (SSSR count). The first-order valence-corrected chi connectivity index (χ1v) is 9.65. The van der Waals surface area contributed by atoms with E-state index in [0.717, 1.165) is 0 Å². The zero-order valence-electron chi connectivity index (χ0n) is 16.4. The molecule has 1 aliphatic rings. The molecule has 3 amide bonds. The molecule has 0 spiro atoms. The number of benzene rings is 2. The summed E-state index contributed by atoms with van der Waals surface area (Å²) in [7, 11) is 0. The lowest BCUT2D eigenvalue weighted by Crippen LogP contribution is -2.42. The van der Waals surface area contributed by atoms with Crippen LogP contribution in [0.1, 0.15) is 34.3 Å². The van der Waals surface area contributed by atoms with Gasteiger partial charge in [0.25, 0.3) is 5.91 Å². The van der Waals surface area contributed by atoms with Crippen molar-refractivity contribution < 1.29 is 14.4 Å². The van der Waals surface area contributed by atoms with Crippen molar-refractivity contribution in [3.05, 3.63) is 71.3 Å². The first kappa shape index (κ1) is 20.8. The summed E-state index contributed by atoms with van der Waals surface area (Å²) in [4.78, 5) is 38.3. The third-order valence-electron chi connectivity index (χ3n) is 5.10. The molecule has 30 heavy (non-hydrogen) atoms. The zero-order valence-corrected chi connectivity index (χ0v) is 16.4. The zero-order chi connectivity index (χ0) is 21.5. The third kappa shape index (κ3) is 4.92. The van der Waals surface area contributed by atoms with E-state index in [-0.39, 0.29) is 17.7 Å². The Morgan fingerprint density at radius 3 is 2.43 bits per heavy atom. The second-order valence-electron chi connectivity index (χ2n) is 7.04. The van der Waals surface area contributed by atoms with Crippen molar-refractivity contribution in [2.24, 2.45) is 11.7 Å². The minimum Gasteiger partial charge on any atom is -0.369 e. The van der Waals surface area contributed by atoms with Crippen molar-refractivity contribution in [2.45, 2.75) is 12.8 Å². The van der Waals surface area contributed by atoms with Crippen LogP contribution in [0.4, 0.5) is 5.69 Å². The summed E-state index contributed by atoms with van der Waals surface area (Å²) in [5.74, 6) is -1.15. The molecule has 0 aliphatic carbocycles. The molecule has 0 radical (unpaired) electrons. The number of piperidine rings is 1. The second kappa shape index (κ2) is 9.52. The molecule has 2 aromatic rings. The van der Waals surface area contributed by atoms with Crippen LogP contribution in [0.15, 0.2) is 54.6 Å². The Labute approximate surface area is 174 Å². The largest absolute Gasteiger partial charge is 0.369 e. The van der Waals surface area contributed by atoms with Crippen LogP contribution in [0.3, 0.4) is 0 Å². The van der Waals surface area contributed by atoms with E-state index < -0.39 is 5.91 Å².